The minimum atomic E-state index is -0.686. The third-order valence-electron chi connectivity index (χ3n) is 18.8. The van der Waals surface area contributed by atoms with Crippen molar-refractivity contribution in [3.8, 4) is 17.0 Å². The van der Waals surface area contributed by atoms with Crippen molar-refractivity contribution in [1.82, 2.24) is 34.6 Å². The van der Waals surface area contributed by atoms with Gasteiger partial charge in [-0.2, -0.15) is 0 Å². The molecule has 1 unspecified atom stereocenters. The van der Waals surface area contributed by atoms with Crippen LogP contribution in [0.1, 0.15) is 159 Å². The molecule has 2 aromatic carbocycles. The number of nitrogens with zero attached hydrogens (tertiary/aromatic N) is 7. The number of imidazole rings is 1. The number of carbonyl (C=O) groups excluding carboxylic acids is 5. The highest BCUT2D eigenvalue weighted by atomic mass is 16.5. The van der Waals surface area contributed by atoms with E-state index in [9.17, 15) is 19.2 Å². The Morgan fingerprint density at radius 1 is 0.811 bits per heavy atom. The van der Waals surface area contributed by atoms with Crippen LogP contribution in [0.4, 0.5) is 11.5 Å². The Bertz CT molecular complexity index is 2850. The van der Waals surface area contributed by atoms with Crippen LogP contribution in [0, 0.1) is 18.3 Å². The standard InChI is InChI=1S/C59H75N9O6/c1-36(2)67-35-60-48-34-47(62-53(52(48)67)61-41-12-13-41)40-10-17-46-49(31-40)68(43-32-42(33-43)64-24-6-5-7-25-64)57(73)59(46)22-28-66(29-23-59)56(72)58(4)20-26-65(27-21-58)55(71)38-8-14-44(15-9-38)74-50-18-11-39(30-37(50)3)45-16-19-51(69)63-54(45)70/h10-11,17-18,30-31,34-36,38,41-45H,5-9,12-16,19-29,32-33H2,1-4H3,(H,61,62)(H,63,69,70)/t38-,42-,43+,44-,45?. The molecule has 1 atom stereocenters. The number of anilines is 2. The van der Waals surface area contributed by atoms with Crippen molar-refractivity contribution in [3.63, 3.8) is 0 Å². The lowest BCUT2D eigenvalue weighted by Crippen LogP contribution is -2.59. The topological polar surface area (TPSA) is 162 Å². The minimum Gasteiger partial charge on any atom is -0.490 e. The molecule has 74 heavy (non-hydrogen) atoms. The van der Waals surface area contributed by atoms with Gasteiger partial charge in [-0.25, -0.2) is 9.97 Å². The Hall–Kier alpha value is -5.83. The number of amides is 5. The minimum absolute atomic E-state index is 0.00991. The Balaban J connectivity index is 0.692. The summed E-state index contributed by atoms with van der Waals surface area (Å²) in [7, 11) is 0. The van der Waals surface area contributed by atoms with E-state index in [-0.39, 0.29) is 59.6 Å². The quantitative estimate of drug-likeness (QED) is 0.139. The third-order valence-corrected chi connectivity index (χ3v) is 18.8. The molecule has 4 saturated heterocycles. The molecule has 7 fully saturated rings. The molecule has 0 radical (unpaired) electrons. The molecule has 1 spiro atoms. The van der Waals surface area contributed by atoms with Crippen LogP contribution in [-0.4, -0.2) is 122 Å². The molecule has 15 nitrogen and oxygen atoms in total. The number of aromatic nitrogens is 3. The average Bonchev–Trinajstić information content (AvgIpc) is 4.07. The Morgan fingerprint density at radius 2 is 1.54 bits per heavy atom. The molecular weight excluding hydrogens is 931 g/mol. The molecule has 15 heteroatoms. The Labute approximate surface area is 435 Å². The van der Waals surface area contributed by atoms with Gasteiger partial charge in [-0.05, 0) is 165 Å². The van der Waals surface area contributed by atoms with E-state index in [2.05, 4.69) is 70.0 Å². The SMILES string of the molecule is Cc1cc(C2CCC(=O)NC2=O)ccc1O[C@H]1CC[C@H](C(=O)N2CCC(C)(C(=O)N3CCC4(CC3)C(=O)N([C@H]3C[C@@H](N5CCCCC5)C3)c3cc(-c5cc6ncn(C(C)C)c6c(NC6CC6)n5)ccc34)CC2)CC1. The van der Waals surface area contributed by atoms with Crippen molar-refractivity contribution in [1.29, 1.82) is 0 Å². The molecule has 3 aliphatic carbocycles. The fourth-order valence-electron chi connectivity index (χ4n) is 13.9. The summed E-state index contributed by atoms with van der Waals surface area (Å²) in [5.74, 6) is 1.35. The maximum absolute atomic E-state index is 15.3. The second kappa shape index (κ2) is 19.4. The van der Waals surface area contributed by atoms with Crippen molar-refractivity contribution >= 4 is 52.1 Å². The van der Waals surface area contributed by atoms with Gasteiger partial charge < -0.3 is 34.2 Å². The van der Waals surface area contributed by atoms with Gasteiger partial charge in [0.15, 0.2) is 5.82 Å². The highest BCUT2D eigenvalue weighted by Crippen LogP contribution is 2.53. The average molecular weight is 1010 g/mol. The molecule has 4 aromatic rings. The predicted octanol–water partition coefficient (Wildman–Crippen LogP) is 8.57. The molecule has 5 aliphatic heterocycles. The number of benzene rings is 2. The first-order chi connectivity index (χ1) is 35.7. The lowest BCUT2D eigenvalue weighted by molar-refractivity contribution is -0.150. The summed E-state index contributed by atoms with van der Waals surface area (Å²) in [5.41, 5.74) is 6.49. The van der Waals surface area contributed by atoms with Crippen LogP contribution < -0.4 is 20.3 Å². The van der Waals surface area contributed by atoms with Gasteiger partial charge in [0, 0.05) is 79.4 Å². The molecule has 12 rings (SSSR count). The summed E-state index contributed by atoms with van der Waals surface area (Å²) in [6, 6.07) is 15.9. The number of ether oxygens (including phenoxy) is 1. The molecular formula is C59H75N9O6. The van der Waals surface area contributed by atoms with E-state index in [0.29, 0.717) is 76.8 Å². The summed E-state index contributed by atoms with van der Waals surface area (Å²) in [6.07, 6.45) is 16.4. The maximum atomic E-state index is 15.3. The van der Waals surface area contributed by atoms with Crippen LogP contribution in [0.5, 0.6) is 5.75 Å². The van der Waals surface area contributed by atoms with Gasteiger partial charge in [0.05, 0.1) is 35.0 Å². The zero-order valence-electron chi connectivity index (χ0n) is 44.0. The van der Waals surface area contributed by atoms with Gasteiger partial charge in [-0.1, -0.05) is 37.6 Å². The summed E-state index contributed by atoms with van der Waals surface area (Å²) in [4.78, 5) is 87.0. The first-order valence-electron chi connectivity index (χ1n) is 28.3. The summed E-state index contributed by atoms with van der Waals surface area (Å²) in [5, 5.41) is 6.16. The molecule has 2 N–H and O–H groups in total. The van der Waals surface area contributed by atoms with E-state index < -0.39 is 10.8 Å². The van der Waals surface area contributed by atoms with Gasteiger partial charge in [0.25, 0.3) is 0 Å². The summed E-state index contributed by atoms with van der Waals surface area (Å²) in [6.45, 7) is 12.9. The molecule has 392 valence electrons. The van der Waals surface area contributed by atoms with Crippen molar-refractivity contribution in [2.45, 2.75) is 178 Å². The molecule has 5 amide bonds. The molecule has 0 bridgehead atoms. The highest BCUT2D eigenvalue weighted by Gasteiger charge is 2.57. The smallest absolute Gasteiger partial charge is 0.238 e. The van der Waals surface area contributed by atoms with Crippen LogP contribution in [0.15, 0.2) is 48.8 Å². The van der Waals surface area contributed by atoms with Crippen LogP contribution in [0.3, 0.4) is 0 Å². The van der Waals surface area contributed by atoms with E-state index in [1.807, 2.05) is 41.2 Å². The van der Waals surface area contributed by atoms with E-state index in [4.69, 9.17) is 14.7 Å². The first kappa shape index (κ1) is 49.1. The van der Waals surface area contributed by atoms with Crippen LogP contribution in [-0.2, 0) is 29.4 Å². The number of nitrogens with one attached hydrogen (secondary N) is 2. The van der Waals surface area contributed by atoms with Gasteiger partial charge in [0.1, 0.15) is 11.3 Å². The lowest BCUT2D eigenvalue weighted by atomic mass is 9.72. The van der Waals surface area contributed by atoms with Gasteiger partial charge in [0.2, 0.25) is 29.5 Å². The monoisotopic (exact) mass is 1010 g/mol. The maximum Gasteiger partial charge on any atom is 0.238 e. The summed E-state index contributed by atoms with van der Waals surface area (Å²) < 4.78 is 8.66. The number of piperidine rings is 4. The summed E-state index contributed by atoms with van der Waals surface area (Å²) >= 11 is 0. The number of aryl methyl sites for hydroxylation is 1. The van der Waals surface area contributed by atoms with Crippen LogP contribution in [0.2, 0.25) is 0 Å². The highest BCUT2D eigenvalue weighted by molar-refractivity contribution is 6.09. The zero-order valence-corrected chi connectivity index (χ0v) is 44.0. The number of hydrogen-bond donors (Lipinski definition) is 2. The van der Waals surface area contributed by atoms with E-state index in [0.717, 1.165) is 121 Å². The number of pyridine rings is 1. The fraction of sp³-hybridized carbons (Fsp3) is 0.610. The molecule has 8 aliphatic rings. The number of rotatable bonds is 11. The molecule has 7 heterocycles. The Morgan fingerprint density at radius 3 is 2.23 bits per heavy atom. The zero-order chi connectivity index (χ0) is 51.0. The normalized spacial score (nSPS) is 27.1. The largest absolute Gasteiger partial charge is 0.490 e. The van der Waals surface area contributed by atoms with Crippen LogP contribution in [0.25, 0.3) is 22.3 Å². The van der Waals surface area contributed by atoms with Crippen molar-refractivity contribution in [2.75, 3.05) is 49.5 Å². The van der Waals surface area contributed by atoms with Crippen LogP contribution >= 0.6 is 0 Å². The molecule has 3 saturated carbocycles. The Kier molecular flexibility index (Phi) is 12.9. The lowest BCUT2D eigenvalue weighted by Gasteiger charge is -2.48. The number of carbonyl (C=O) groups is 5. The van der Waals surface area contributed by atoms with Gasteiger partial charge >= 0.3 is 0 Å². The van der Waals surface area contributed by atoms with E-state index in [1.165, 1.54) is 19.3 Å². The van der Waals surface area contributed by atoms with Crippen molar-refractivity contribution in [2.24, 2.45) is 11.3 Å². The second-order valence-corrected chi connectivity index (χ2v) is 24.1. The third kappa shape index (κ3) is 8.95. The predicted molar refractivity (Wildman–Crippen MR) is 284 cm³/mol. The van der Waals surface area contributed by atoms with E-state index >= 15 is 4.79 Å². The number of likely N-dealkylation sites (tertiary alicyclic amines) is 3. The number of imide groups is 1. The van der Waals surface area contributed by atoms with E-state index in [1.54, 1.807) is 0 Å². The number of fused-ring (bicyclic) bond motifs is 3. The van der Waals surface area contributed by atoms with Crippen molar-refractivity contribution < 1.29 is 28.7 Å². The van der Waals surface area contributed by atoms with Gasteiger partial charge in [-0.15, -0.1) is 0 Å². The first-order valence-corrected chi connectivity index (χ1v) is 28.3. The second-order valence-electron chi connectivity index (χ2n) is 24.1. The number of hydrogen-bond acceptors (Lipinski definition) is 10. The van der Waals surface area contributed by atoms with Gasteiger partial charge in [-0.3, -0.25) is 29.3 Å². The molecule has 2 aromatic heterocycles. The van der Waals surface area contributed by atoms with Crippen molar-refractivity contribution in [3.05, 3.63) is 65.5 Å². The fourth-order valence-corrected chi connectivity index (χ4v) is 13.9.